The van der Waals surface area contributed by atoms with E-state index in [0.29, 0.717) is 19.1 Å². The molecule has 0 radical (unpaired) electrons. The van der Waals surface area contributed by atoms with Crippen LogP contribution in [-0.2, 0) is 9.53 Å². The van der Waals surface area contributed by atoms with Crippen molar-refractivity contribution in [3.05, 3.63) is 11.9 Å². The molecule has 1 saturated carbocycles. The van der Waals surface area contributed by atoms with Gasteiger partial charge in [-0.1, -0.05) is 19.8 Å². The summed E-state index contributed by atoms with van der Waals surface area (Å²) < 4.78 is 5.02. The van der Waals surface area contributed by atoms with Gasteiger partial charge in [0.2, 0.25) is 5.95 Å². The van der Waals surface area contributed by atoms with Crippen LogP contribution < -0.4 is 4.90 Å². The van der Waals surface area contributed by atoms with Crippen LogP contribution in [0.3, 0.4) is 0 Å². The molecule has 2 aliphatic rings. The van der Waals surface area contributed by atoms with Crippen LogP contribution in [0.5, 0.6) is 0 Å². The molecule has 0 atom stereocenters. The third-order valence-electron chi connectivity index (χ3n) is 5.31. The van der Waals surface area contributed by atoms with Gasteiger partial charge in [-0.2, -0.15) is 5.10 Å². The number of carbonyl (C=O) groups is 1. The van der Waals surface area contributed by atoms with Crippen LogP contribution in [0.15, 0.2) is 6.20 Å². The molecule has 3 rings (SSSR count). The van der Waals surface area contributed by atoms with Crippen molar-refractivity contribution in [2.45, 2.75) is 45.4 Å². The van der Waals surface area contributed by atoms with E-state index in [9.17, 15) is 4.79 Å². The van der Waals surface area contributed by atoms with E-state index in [-0.39, 0.29) is 5.97 Å². The lowest BCUT2D eigenvalue weighted by Crippen LogP contribution is -2.48. The molecule has 1 aromatic rings. The average molecular weight is 347 g/mol. The van der Waals surface area contributed by atoms with Gasteiger partial charge in [0, 0.05) is 32.1 Å². The summed E-state index contributed by atoms with van der Waals surface area (Å²) in [6.45, 7) is 8.21. The molecule has 2 heterocycles. The summed E-state index contributed by atoms with van der Waals surface area (Å²) in [5.74, 6) is 1.93. The second-order valence-corrected chi connectivity index (χ2v) is 7.21. The molecule has 0 aromatic carbocycles. The fraction of sp³-hybridized carbons (Fsp3) is 0.778. The van der Waals surface area contributed by atoms with Crippen molar-refractivity contribution < 1.29 is 9.53 Å². The van der Waals surface area contributed by atoms with Crippen molar-refractivity contribution in [3.8, 4) is 0 Å². The highest BCUT2D eigenvalue weighted by Crippen LogP contribution is 2.34. The predicted molar refractivity (Wildman–Crippen MR) is 95.5 cm³/mol. The van der Waals surface area contributed by atoms with E-state index in [1.165, 1.54) is 25.7 Å². The molecule has 0 spiro atoms. The molecule has 1 aromatic heterocycles. The Morgan fingerprint density at radius 1 is 1.20 bits per heavy atom. The molecule has 2 fully saturated rings. The minimum absolute atomic E-state index is 0.151. The Morgan fingerprint density at radius 3 is 2.60 bits per heavy atom. The monoisotopic (exact) mass is 347 g/mol. The first kappa shape index (κ1) is 18.0. The third kappa shape index (κ3) is 4.87. The molecule has 0 bridgehead atoms. The largest absolute Gasteiger partial charge is 0.465 e. The van der Waals surface area contributed by atoms with E-state index in [1.54, 1.807) is 0 Å². The van der Waals surface area contributed by atoms with Gasteiger partial charge in [0.1, 0.15) is 0 Å². The molecule has 1 aliphatic carbocycles. The van der Waals surface area contributed by atoms with Crippen LogP contribution in [-0.4, -0.2) is 65.4 Å². The maximum atomic E-state index is 11.6. The van der Waals surface area contributed by atoms with Gasteiger partial charge in [-0.05, 0) is 25.7 Å². The van der Waals surface area contributed by atoms with Crippen LogP contribution in [0, 0.1) is 5.92 Å². The summed E-state index contributed by atoms with van der Waals surface area (Å²) in [4.78, 5) is 20.7. The Kier molecular flexibility index (Phi) is 6.18. The molecule has 1 saturated heterocycles. The van der Waals surface area contributed by atoms with Gasteiger partial charge in [-0.25, -0.2) is 4.98 Å². The lowest BCUT2D eigenvalue weighted by molar-refractivity contribution is -0.144. The van der Waals surface area contributed by atoms with E-state index in [0.717, 1.165) is 43.7 Å². The van der Waals surface area contributed by atoms with Gasteiger partial charge >= 0.3 is 5.97 Å². The average Bonchev–Trinajstić information content (AvgIpc) is 2.63. The summed E-state index contributed by atoms with van der Waals surface area (Å²) >= 11 is 0. The van der Waals surface area contributed by atoms with E-state index >= 15 is 0 Å². The Bertz CT molecular complexity index is 566. The molecule has 25 heavy (non-hydrogen) atoms. The van der Waals surface area contributed by atoms with Crippen molar-refractivity contribution in [3.63, 3.8) is 0 Å². The number of nitrogens with zero attached hydrogens (tertiary/aromatic N) is 5. The SMILES string of the molecule is CCOC(=O)CN1CCN(c2nncc(C3CCC(C)CC3)n2)CC1. The fourth-order valence-corrected chi connectivity index (χ4v) is 3.69. The highest BCUT2D eigenvalue weighted by molar-refractivity contribution is 5.71. The number of hydrogen-bond donors (Lipinski definition) is 0. The number of aromatic nitrogens is 3. The van der Waals surface area contributed by atoms with Gasteiger partial charge in [0.15, 0.2) is 0 Å². The number of hydrogen-bond acceptors (Lipinski definition) is 7. The molecular weight excluding hydrogens is 318 g/mol. The molecule has 138 valence electrons. The maximum Gasteiger partial charge on any atom is 0.320 e. The number of anilines is 1. The fourth-order valence-electron chi connectivity index (χ4n) is 3.69. The first-order valence-corrected chi connectivity index (χ1v) is 9.48. The Morgan fingerprint density at radius 2 is 1.92 bits per heavy atom. The summed E-state index contributed by atoms with van der Waals surface area (Å²) in [5.41, 5.74) is 1.09. The van der Waals surface area contributed by atoms with Crippen LogP contribution in [0.1, 0.15) is 51.1 Å². The van der Waals surface area contributed by atoms with Crippen LogP contribution in [0.4, 0.5) is 5.95 Å². The molecule has 0 unspecified atom stereocenters. The Hall–Kier alpha value is -1.76. The van der Waals surface area contributed by atoms with E-state index < -0.39 is 0 Å². The third-order valence-corrected chi connectivity index (χ3v) is 5.31. The topological polar surface area (TPSA) is 71.5 Å². The highest BCUT2D eigenvalue weighted by Gasteiger charge is 2.24. The number of carbonyl (C=O) groups excluding carboxylic acids is 1. The van der Waals surface area contributed by atoms with E-state index in [2.05, 4.69) is 26.9 Å². The van der Waals surface area contributed by atoms with Gasteiger partial charge in [-0.15, -0.1) is 5.10 Å². The van der Waals surface area contributed by atoms with Crippen LogP contribution in [0.25, 0.3) is 0 Å². The van der Waals surface area contributed by atoms with Crippen molar-refractivity contribution >= 4 is 11.9 Å². The number of esters is 1. The first-order chi connectivity index (χ1) is 12.2. The Labute approximate surface area is 149 Å². The number of rotatable bonds is 5. The number of ether oxygens (including phenoxy) is 1. The number of piperazine rings is 1. The van der Waals surface area contributed by atoms with Crippen LogP contribution >= 0.6 is 0 Å². The standard InChI is InChI=1S/C18H29N5O2/c1-3-25-17(24)13-22-8-10-23(11-9-22)18-20-16(12-19-21-18)15-6-4-14(2)5-7-15/h12,14-15H,3-11,13H2,1-2H3. The zero-order valence-corrected chi connectivity index (χ0v) is 15.4. The molecule has 7 nitrogen and oxygen atoms in total. The summed E-state index contributed by atoms with van der Waals surface area (Å²) in [5, 5.41) is 8.45. The second kappa shape index (κ2) is 8.56. The zero-order valence-electron chi connectivity index (χ0n) is 15.4. The van der Waals surface area contributed by atoms with Gasteiger partial charge in [-0.3, -0.25) is 9.69 Å². The maximum absolute atomic E-state index is 11.6. The van der Waals surface area contributed by atoms with Crippen molar-refractivity contribution in [2.75, 3.05) is 44.2 Å². The zero-order chi connectivity index (χ0) is 17.6. The van der Waals surface area contributed by atoms with Crippen molar-refractivity contribution in [1.82, 2.24) is 20.1 Å². The van der Waals surface area contributed by atoms with E-state index in [4.69, 9.17) is 9.72 Å². The molecule has 1 aliphatic heterocycles. The predicted octanol–water partition coefficient (Wildman–Crippen LogP) is 1.85. The highest BCUT2D eigenvalue weighted by atomic mass is 16.5. The summed E-state index contributed by atoms with van der Waals surface area (Å²) in [6.07, 6.45) is 6.79. The van der Waals surface area contributed by atoms with E-state index in [1.807, 2.05) is 13.1 Å². The quantitative estimate of drug-likeness (QED) is 0.753. The van der Waals surface area contributed by atoms with Gasteiger partial charge in [0.25, 0.3) is 0 Å². The lowest BCUT2D eigenvalue weighted by Gasteiger charge is -2.34. The smallest absolute Gasteiger partial charge is 0.320 e. The molecule has 0 N–H and O–H groups in total. The normalized spacial score (nSPS) is 25.0. The van der Waals surface area contributed by atoms with Crippen molar-refractivity contribution in [1.29, 1.82) is 0 Å². The molecule has 0 amide bonds. The summed E-state index contributed by atoms with van der Waals surface area (Å²) in [7, 11) is 0. The van der Waals surface area contributed by atoms with Gasteiger partial charge < -0.3 is 9.64 Å². The first-order valence-electron chi connectivity index (χ1n) is 9.48. The minimum atomic E-state index is -0.151. The molecular formula is C18H29N5O2. The van der Waals surface area contributed by atoms with Gasteiger partial charge in [0.05, 0.1) is 25.0 Å². The minimum Gasteiger partial charge on any atom is -0.465 e. The second-order valence-electron chi connectivity index (χ2n) is 7.21. The summed E-state index contributed by atoms with van der Waals surface area (Å²) in [6, 6.07) is 0. The lowest BCUT2D eigenvalue weighted by atomic mass is 9.81. The van der Waals surface area contributed by atoms with Crippen LogP contribution in [0.2, 0.25) is 0 Å². The molecule has 7 heteroatoms. The Balaban J connectivity index is 1.55. The van der Waals surface area contributed by atoms with Crippen molar-refractivity contribution in [2.24, 2.45) is 5.92 Å².